The van der Waals surface area contributed by atoms with Crippen LogP contribution in [0.3, 0.4) is 0 Å². The second kappa shape index (κ2) is 9.76. The average molecular weight is 522 g/mol. The third-order valence-electron chi connectivity index (χ3n) is 9.06. The number of Topliss-reactive ketones (excluding diaryl/α,β-unsaturated/α-hetero) is 1. The lowest BCUT2D eigenvalue weighted by Gasteiger charge is -2.39. The van der Waals surface area contributed by atoms with Crippen molar-refractivity contribution in [2.45, 2.75) is 50.5 Å². The van der Waals surface area contributed by atoms with Crippen LogP contribution in [0, 0.1) is 13.8 Å². The Labute approximate surface area is 230 Å². The summed E-state index contributed by atoms with van der Waals surface area (Å²) in [7, 11) is 0. The summed E-state index contributed by atoms with van der Waals surface area (Å²) in [5, 5.41) is 3.06. The van der Waals surface area contributed by atoms with E-state index in [1.807, 2.05) is 74.5 Å². The summed E-state index contributed by atoms with van der Waals surface area (Å²) in [4.78, 5) is 44.0. The summed E-state index contributed by atoms with van der Waals surface area (Å²) in [6, 6.07) is 23.5. The van der Waals surface area contributed by atoms with E-state index in [-0.39, 0.29) is 17.4 Å². The van der Waals surface area contributed by atoms with Crippen molar-refractivity contribution in [3.05, 3.63) is 106 Å². The van der Waals surface area contributed by atoms with Crippen LogP contribution in [0.15, 0.2) is 72.8 Å². The first-order valence-electron chi connectivity index (χ1n) is 14.0. The molecule has 3 aromatic carbocycles. The number of likely N-dealkylation sites (tertiary alicyclic amines) is 1. The van der Waals surface area contributed by atoms with Crippen molar-refractivity contribution in [2.24, 2.45) is 0 Å². The van der Waals surface area contributed by atoms with E-state index in [1.165, 1.54) is 16.0 Å². The molecule has 0 radical (unpaired) electrons. The summed E-state index contributed by atoms with van der Waals surface area (Å²) in [5.41, 5.74) is 4.56. The van der Waals surface area contributed by atoms with Gasteiger partial charge in [0.15, 0.2) is 5.54 Å². The number of carbonyl (C=O) groups excluding carboxylic acids is 3. The average Bonchev–Trinajstić information content (AvgIpc) is 3.36. The first-order valence-corrected chi connectivity index (χ1v) is 14.0. The van der Waals surface area contributed by atoms with E-state index in [0.29, 0.717) is 25.2 Å². The van der Waals surface area contributed by atoms with Crippen molar-refractivity contribution in [2.75, 3.05) is 26.2 Å². The first kappa shape index (κ1) is 25.5. The number of nitrogens with one attached hydrogen (secondary N) is 1. The monoisotopic (exact) mass is 521 g/mol. The molecule has 39 heavy (non-hydrogen) atoms. The number of piperidine rings is 1. The van der Waals surface area contributed by atoms with Crippen LogP contribution >= 0.6 is 0 Å². The molecule has 3 aromatic rings. The largest absolute Gasteiger partial charge is 0.325 e. The van der Waals surface area contributed by atoms with Gasteiger partial charge in [-0.15, -0.1) is 0 Å². The van der Waals surface area contributed by atoms with Crippen LogP contribution in [0.25, 0.3) is 0 Å². The standard InChI is InChI=1S/C33H35N3O3/c1-23-8-12-26(13-9-23)33(27-14-10-24(2)11-15-27)30(38)36(31(39)34-33)19-5-18-35-20-16-32(17-21-35)28-7-4-3-6-25(28)22-29(32)37/h3-4,6-15H,5,16-22H2,1-2H3,(H,34,39). The molecule has 0 unspecified atom stereocenters. The maximum atomic E-state index is 14.0. The Morgan fingerprint density at radius 1 is 0.769 bits per heavy atom. The third kappa shape index (κ3) is 4.18. The molecule has 2 fully saturated rings. The second-order valence-electron chi connectivity index (χ2n) is 11.4. The number of nitrogens with zero attached hydrogens (tertiary/aromatic N) is 2. The number of benzene rings is 3. The Hall–Kier alpha value is -3.77. The molecule has 6 heteroatoms. The van der Waals surface area contributed by atoms with Crippen molar-refractivity contribution in [1.82, 2.24) is 15.1 Å². The number of amides is 3. The van der Waals surface area contributed by atoms with Crippen LogP contribution < -0.4 is 5.32 Å². The number of hydrogen-bond acceptors (Lipinski definition) is 4. The highest BCUT2D eigenvalue weighted by atomic mass is 16.2. The fourth-order valence-corrected chi connectivity index (χ4v) is 6.74. The fourth-order valence-electron chi connectivity index (χ4n) is 6.74. The molecular formula is C33H35N3O3. The van der Waals surface area contributed by atoms with Gasteiger partial charge < -0.3 is 10.2 Å². The zero-order valence-electron chi connectivity index (χ0n) is 22.7. The van der Waals surface area contributed by atoms with Gasteiger partial charge in [-0.05, 0) is 75.0 Å². The summed E-state index contributed by atoms with van der Waals surface area (Å²) < 4.78 is 0. The number of ketones is 1. The highest BCUT2D eigenvalue weighted by Crippen LogP contribution is 2.44. The van der Waals surface area contributed by atoms with Crippen LogP contribution in [0.1, 0.15) is 52.6 Å². The normalized spacial score (nSPS) is 19.9. The zero-order chi connectivity index (χ0) is 27.2. The zero-order valence-corrected chi connectivity index (χ0v) is 22.7. The predicted octanol–water partition coefficient (Wildman–Crippen LogP) is 4.65. The Balaban J connectivity index is 1.14. The minimum atomic E-state index is -1.23. The van der Waals surface area contributed by atoms with E-state index in [9.17, 15) is 14.4 Å². The summed E-state index contributed by atoms with van der Waals surface area (Å²) >= 11 is 0. The van der Waals surface area contributed by atoms with E-state index in [2.05, 4.69) is 22.3 Å². The number of imide groups is 1. The highest BCUT2D eigenvalue weighted by Gasteiger charge is 2.53. The van der Waals surface area contributed by atoms with Crippen molar-refractivity contribution in [3.63, 3.8) is 0 Å². The van der Waals surface area contributed by atoms with Crippen molar-refractivity contribution in [3.8, 4) is 0 Å². The molecule has 6 rings (SSSR count). The van der Waals surface area contributed by atoms with Gasteiger partial charge in [-0.25, -0.2) is 4.79 Å². The minimum absolute atomic E-state index is 0.231. The lowest BCUT2D eigenvalue weighted by Crippen LogP contribution is -2.46. The van der Waals surface area contributed by atoms with Crippen LogP contribution in [0.2, 0.25) is 0 Å². The number of fused-ring (bicyclic) bond motifs is 2. The van der Waals surface area contributed by atoms with Gasteiger partial charge in [0.05, 0.1) is 5.41 Å². The smallest absolute Gasteiger partial charge is 0.315 e. The van der Waals surface area contributed by atoms with Gasteiger partial charge in [-0.1, -0.05) is 83.9 Å². The van der Waals surface area contributed by atoms with Gasteiger partial charge in [0.25, 0.3) is 5.91 Å². The maximum Gasteiger partial charge on any atom is 0.325 e. The summed E-state index contributed by atoms with van der Waals surface area (Å²) in [6.07, 6.45) is 2.90. The number of hydrogen-bond donors (Lipinski definition) is 1. The maximum absolute atomic E-state index is 14.0. The van der Waals surface area contributed by atoms with E-state index in [0.717, 1.165) is 54.7 Å². The highest BCUT2D eigenvalue weighted by molar-refractivity contribution is 6.09. The van der Waals surface area contributed by atoms with Crippen LogP contribution in [0.4, 0.5) is 4.79 Å². The van der Waals surface area contributed by atoms with Crippen molar-refractivity contribution < 1.29 is 14.4 Å². The SMILES string of the molecule is Cc1ccc(C2(c3ccc(C)cc3)NC(=O)N(CCCN3CCC4(CC3)C(=O)Cc3ccccc34)C2=O)cc1. The predicted molar refractivity (Wildman–Crippen MR) is 151 cm³/mol. The van der Waals surface area contributed by atoms with Crippen LogP contribution in [-0.2, 0) is 27.0 Å². The topological polar surface area (TPSA) is 69.7 Å². The molecule has 1 aliphatic carbocycles. The van der Waals surface area contributed by atoms with E-state index in [1.54, 1.807) is 0 Å². The molecule has 200 valence electrons. The number of urea groups is 1. The van der Waals surface area contributed by atoms with Crippen molar-refractivity contribution >= 4 is 17.7 Å². The van der Waals surface area contributed by atoms with E-state index < -0.39 is 5.54 Å². The molecule has 2 aliphatic heterocycles. The number of carbonyl (C=O) groups is 3. The van der Waals surface area contributed by atoms with Gasteiger partial charge >= 0.3 is 6.03 Å². The molecule has 2 heterocycles. The van der Waals surface area contributed by atoms with Gasteiger partial charge in [-0.3, -0.25) is 14.5 Å². The van der Waals surface area contributed by atoms with Gasteiger partial charge in [0.1, 0.15) is 5.78 Å². The van der Waals surface area contributed by atoms with Gasteiger partial charge in [-0.2, -0.15) is 0 Å². The van der Waals surface area contributed by atoms with Gasteiger partial charge in [0.2, 0.25) is 0 Å². The Morgan fingerprint density at radius 3 is 1.97 bits per heavy atom. The van der Waals surface area contributed by atoms with Crippen molar-refractivity contribution in [1.29, 1.82) is 0 Å². The molecule has 1 N–H and O–H groups in total. The third-order valence-corrected chi connectivity index (χ3v) is 9.06. The Kier molecular flexibility index (Phi) is 6.38. The lowest BCUT2D eigenvalue weighted by atomic mass is 9.73. The molecule has 2 saturated heterocycles. The molecule has 6 nitrogen and oxygen atoms in total. The molecule has 0 saturated carbocycles. The van der Waals surface area contributed by atoms with Crippen LogP contribution in [-0.4, -0.2) is 53.7 Å². The molecular weight excluding hydrogens is 486 g/mol. The Morgan fingerprint density at radius 2 is 1.36 bits per heavy atom. The minimum Gasteiger partial charge on any atom is -0.315 e. The lowest BCUT2D eigenvalue weighted by molar-refractivity contribution is -0.130. The first-order chi connectivity index (χ1) is 18.8. The molecule has 0 atom stereocenters. The summed E-state index contributed by atoms with van der Waals surface area (Å²) in [6.45, 7) is 6.84. The van der Waals surface area contributed by atoms with Gasteiger partial charge in [0, 0.05) is 13.0 Å². The number of rotatable bonds is 6. The summed E-state index contributed by atoms with van der Waals surface area (Å²) in [5.74, 6) is 0.122. The fraction of sp³-hybridized carbons (Fsp3) is 0.364. The van der Waals surface area contributed by atoms with Crippen LogP contribution in [0.5, 0.6) is 0 Å². The quantitative estimate of drug-likeness (QED) is 0.480. The second-order valence-corrected chi connectivity index (χ2v) is 11.4. The molecule has 0 bridgehead atoms. The molecule has 0 aromatic heterocycles. The molecule has 1 spiro atoms. The number of aryl methyl sites for hydroxylation is 2. The Bertz CT molecular complexity index is 1370. The van der Waals surface area contributed by atoms with E-state index >= 15 is 0 Å². The van der Waals surface area contributed by atoms with E-state index in [4.69, 9.17) is 0 Å². The molecule has 3 aliphatic rings. The molecule has 3 amide bonds.